The molecule has 0 radical (unpaired) electrons. The van der Waals surface area contributed by atoms with Crippen molar-refractivity contribution in [2.45, 2.75) is 6.92 Å². The van der Waals surface area contributed by atoms with Crippen molar-refractivity contribution < 1.29 is 9.31 Å². The highest BCUT2D eigenvalue weighted by Gasteiger charge is 2.17. The van der Waals surface area contributed by atoms with Gasteiger partial charge in [-0.3, -0.25) is 10.1 Å². The van der Waals surface area contributed by atoms with Crippen LogP contribution in [0.25, 0.3) is 10.9 Å². The number of rotatable bonds is 1. The maximum Gasteiger partial charge on any atom is 0.298 e. The fourth-order valence-electron chi connectivity index (χ4n) is 1.48. The van der Waals surface area contributed by atoms with Crippen molar-refractivity contribution in [3.63, 3.8) is 0 Å². The summed E-state index contributed by atoms with van der Waals surface area (Å²) in [5.74, 6) is -0.581. The van der Waals surface area contributed by atoms with E-state index in [1.54, 1.807) is 19.1 Å². The van der Waals surface area contributed by atoms with Crippen molar-refractivity contribution in [2.75, 3.05) is 0 Å². The van der Waals surface area contributed by atoms with E-state index >= 15 is 0 Å². The van der Waals surface area contributed by atoms with Crippen molar-refractivity contribution in [2.24, 2.45) is 0 Å². The Labute approximate surface area is 84.5 Å². The van der Waals surface area contributed by atoms with E-state index in [0.29, 0.717) is 10.9 Å². The summed E-state index contributed by atoms with van der Waals surface area (Å²) < 4.78 is 13.3. The van der Waals surface area contributed by atoms with E-state index in [0.717, 1.165) is 6.07 Å². The molecule has 2 rings (SSSR count). The molecule has 0 saturated carbocycles. The van der Waals surface area contributed by atoms with Crippen LogP contribution in [0.5, 0.6) is 0 Å². The third kappa shape index (κ3) is 1.41. The maximum atomic E-state index is 13.3. The highest BCUT2D eigenvalue weighted by Crippen LogP contribution is 2.28. The first-order valence-corrected chi connectivity index (χ1v) is 4.29. The Kier molecular flexibility index (Phi) is 2.07. The van der Waals surface area contributed by atoms with E-state index in [1.165, 1.54) is 6.20 Å². The van der Waals surface area contributed by atoms with Crippen LogP contribution in [0.15, 0.2) is 24.4 Å². The standard InChI is InChI=1S/C10H7FN2O2/c1-6-7-3-2-4-12-10(7)9(13(14)15)5-8(6)11/h2-5H,1H3. The van der Waals surface area contributed by atoms with Gasteiger partial charge in [-0.15, -0.1) is 0 Å². The fraction of sp³-hybridized carbons (Fsp3) is 0.100. The molecule has 0 bridgehead atoms. The topological polar surface area (TPSA) is 56.0 Å². The van der Waals surface area contributed by atoms with Crippen LogP contribution in [-0.4, -0.2) is 9.91 Å². The molecule has 0 aliphatic carbocycles. The molecular weight excluding hydrogens is 199 g/mol. The second-order valence-corrected chi connectivity index (χ2v) is 3.16. The summed E-state index contributed by atoms with van der Waals surface area (Å²) in [7, 11) is 0. The predicted molar refractivity (Wildman–Crippen MR) is 53.1 cm³/mol. The first-order chi connectivity index (χ1) is 7.11. The molecule has 0 atom stereocenters. The number of hydrogen-bond acceptors (Lipinski definition) is 3. The number of aryl methyl sites for hydroxylation is 1. The lowest BCUT2D eigenvalue weighted by Gasteiger charge is -2.02. The predicted octanol–water partition coefficient (Wildman–Crippen LogP) is 2.59. The van der Waals surface area contributed by atoms with E-state index in [2.05, 4.69) is 4.98 Å². The molecule has 0 N–H and O–H groups in total. The molecule has 1 aromatic heterocycles. The Bertz CT molecular complexity index is 554. The van der Waals surface area contributed by atoms with Crippen LogP contribution in [0.3, 0.4) is 0 Å². The Balaban J connectivity index is 2.94. The zero-order chi connectivity index (χ0) is 11.0. The minimum Gasteiger partial charge on any atom is -0.258 e. The van der Waals surface area contributed by atoms with Crippen LogP contribution < -0.4 is 0 Å². The van der Waals surface area contributed by atoms with Crippen molar-refractivity contribution in [3.05, 3.63) is 45.9 Å². The van der Waals surface area contributed by atoms with Gasteiger partial charge in [0, 0.05) is 11.6 Å². The number of hydrogen-bond donors (Lipinski definition) is 0. The third-order valence-corrected chi connectivity index (χ3v) is 2.27. The van der Waals surface area contributed by atoms with Crippen molar-refractivity contribution in [1.82, 2.24) is 4.98 Å². The van der Waals surface area contributed by atoms with Gasteiger partial charge in [0.2, 0.25) is 0 Å². The summed E-state index contributed by atoms with van der Waals surface area (Å²) in [4.78, 5) is 13.9. The van der Waals surface area contributed by atoms with Gasteiger partial charge in [0.15, 0.2) is 0 Å². The lowest BCUT2D eigenvalue weighted by Crippen LogP contribution is -1.95. The quantitative estimate of drug-likeness (QED) is 0.532. The van der Waals surface area contributed by atoms with Crippen LogP contribution in [0.4, 0.5) is 10.1 Å². The Morgan fingerprint density at radius 3 is 2.93 bits per heavy atom. The average molecular weight is 206 g/mol. The van der Waals surface area contributed by atoms with Gasteiger partial charge in [0.05, 0.1) is 11.0 Å². The molecule has 0 fully saturated rings. The van der Waals surface area contributed by atoms with Gasteiger partial charge in [-0.05, 0) is 18.6 Å². The number of aromatic nitrogens is 1. The SMILES string of the molecule is Cc1c(F)cc([N+](=O)[O-])c2ncccc12. The number of fused-ring (bicyclic) bond motifs is 1. The van der Waals surface area contributed by atoms with Crippen molar-refractivity contribution >= 4 is 16.6 Å². The van der Waals surface area contributed by atoms with Crippen LogP contribution in [0.1, 0.15) is 5.56 Å². The van der Waals surface area contributed by atoms with Crippen molar-refractivity contribution in [1.29, 1.82) is 0 Å². The summed E-state index contributed by atoms with van der Waals surface area (Å²) in [6.45, 7) is 1.57. The number of nitro benzene ring substituents is 1. The first kappa shape index (κ1) is 9.51. The number of nitro groups is 1. The monoisotopic (exact) mass is 206 g/mol. The summed E-state index contributed by atoms with van der Waals surface area (Å²) in [6.07, 6.45) is 1.45. The molecule has 5 heteroatoms. The molecule has 1 heterocycles. The molecule has 0 aliphatic heterocycles. The number of benzene rings is 1. The molecule has 1 aromatic carbocycles. The van der Waals surface area contributed by atoms with Gasteiger partial charge in [-0.1, -0.05) is 6.07 Å². The van der Waals surface area contributed by atoms with E-state index < -0.39 is 10.7 Å². The van der Waals surface area contributed by atoms with Gasteiger partial charge in [0.25, 0.3) is 5.69 Å². The molecule has 0 unspecified atom stereocenters. The Hall–Kier alpha value is -2.04. The van der Waals surface area contributed by atoms with Crippen molar-refractivity contribution in [3.8, 4) is 0 Å². The number of pyridine rings is 1. The van der Waals surface area contributed by atoms with Crippen LogP contribution in [-0.2, 0) is 0 Å². The third-order valence-electron chi connectivity index (χ3n) is 2.27. The van der Waals surface area contributed by atoms with Crippen LogP contribution in [0, 0.1) is 22.9 Å². The minimum atomic E-state index is -0.627. The van der Waals surface area contributed by atoms with E-state index in [-0.39, 0.29) is 11.2 Å². The van der Waals surface area contributed by atoms with Gasteiger partial charge in [-0.25, -0.2) is 9.37 Å². The zero-order valence-corrected chi connectivity index (χ0v) is 7.90. The average Bonchev–Trinajstić information content (AvgIpc) is 2.23. The zero-order valence-electron chi connectivity index (χ0n) is 7.90. The number of non-ortho nitro benzene ring substituents is 1. The molecule has 0 saturated heterocycles. The largest absolute Gasteiger partial charge is 0.298 e. The van der Waals surface area contributed by atoms with Crippen LogP contribution in [0.2, 0.25) is 0 Å². The normalized spacial score (nSPS) is 10.5. The molecule has 0 spiro atoms. The number of halogens is 1. The summed E-state index contributed by atoms with van der Waals surface area (Å²) in [6, 6.07) is 4.15. The van der Waals surface area contributed by atoms with Gasteiger partial charge in [0.1, 0.15) is 11.3 Å². The summed E-state index contributed by atoms with van der Waals surface area (Å²) in [5.41, 5.74) is 0.304. The highest BCUT2D eigenvalue weighted by molar-refractivity contribution is 5.89. The maximum absolute atomic E-state index is 13.3. The summed E-state index contributed by atoms with van der Waals surface area (Å²) in [5, 5.41) is 11.2. The van der Waals surface area contributed by atoms with Gasteiger partial charge >= 0.3 is 0 Å². The lowest BCUT2D eigenvalue weighted by atomic mass is 10.1. The van der Waals surface area contributed by atoms with E-state index in [1.807, 2.05) is 0 Å². The van der Waals surface area contributed by atoms with E-state index in [9.17, 15) is 14.5 Å². The molecule has 76 valence electrons. The van der Waals surface area contributed by atoms with Gasteiger partial charge in [-0.2, -0.15) is 0 Å². The summed E-state index contributed by atoms with van der Waals surface area (Å²) >= 11 is 0. The molecule has 2 aromatic rings. The second kappa shape index (κ2) is 3.27. The molecule has 15 heavy (non-hydrogen) atoms. The van der Waals surface area contributed by atoms with Gasteiger partial charge < -0.3 is 0 Å². The lowest BCUT2D eigenvalue weighted by molar-refractivity contribution is -0.383. The minimum absolute atomic E-state index is 0.224. The molecular formula is C10H7FN2O2. The highest BCUT2D eigenvalue weighted by atomic mass is 19.1. The Morgan fingerprint density at radius 2 is 2.27 bits per heavy atom. The molecule has 0 aliphatic rings. The molecule has 0 amide bonds. The van der Waals surface area contributed by atoms with Crippen LogP contribution >= 0.6 is 0 Å². The first-order valence-electron chi connectivity index (χ1n) is 4.29. The fourth-order valence-corrected chi connectivity index (χ4v) is 1.48. The number of nitrogens with zero attached hydrogens (tertiary/aromatic N) is 2. The smallest absolute Gasteiger partial charge is 0.258 e. The van der Waals surface area contributed by atoms with E-state index in [4.69, 9.17) is 0 Å². The second-order valence-electron chi connectivity index (χ2n) is 3.16. The Morgan fingerprint density at radius 1 is 1.53 bits per heavy atom. The molecule has 4 nitrogen and oxygen atoms in total.